The Labute approximate surface area is 114 Å². The Morgan fingerprint density at radius 3 is 2.62 bits per heavy atom. The van der Waals surface area contributed by atoms with Gasteiger partial charge in [0.05, 0.1) is 16.3 Å². The van der Waals surface area contributed by atoms with Gasteiger partial charge in [-0.05, 0) is 54.3 Å². The summed E-state index contributed by atoms with van der Waals surface area (Å²) in [5.41, 5.74) is 12.9. The van der Waals surface area contributed by atoms with Gasteiger partial charge < -0.3 is 11.5 Å². The van der Waals surface area contributed by atoms with Gasteiger partial charge in [0.15, 0.2) is 0 Å². The first-order chi connectivity index (χ1) is 7.51. The maximum Gasteiger partial charge on any atom is 0.0722 e. The molecule has 0 radical (unpaired) electrons. The zero-order chi connectivity index (χ0) is 11.8. The van der Waals surface area contributed by atoms with E-state index in [9.17, 15) is 0 Å². The molecule has 1 aromatic heterocycles. The Kier molecular flexibility index (Phi) is 3.73. The largest absolute Gasteiger partial charge is 0.328 e. The van der Waals surface area contributed by atoms with E-state index in [0.717, 1.165) is 34.9 Å². The minimum atomic E-state index is -0.319. The fourth-order valence-corrected chi connectivity index (χ4v) is 2.64. The lowest BCUT2D eigenvalue weighted by Gasteiger charge is -2.35. The van der Waals surface area contributed by atoms with E-state index in [4.69, 9.17) is 23.1 Å². The van der Waals surface area contributed by atoms with Crippen molar-refractivity contribution in [3.8, 4) is 0 Å². The second-order valence-electron chi connectivity index (χ2n) is 4.48. The lowest BCUT2D eigenvalue weighted by Crippen LogP contribution is -2.44. The number of pyridine rings is 1. The number of aromatic nitrogens is 1. The monoisotopic (exact) mass is 351 g/mol. The van der Waals surface area contributed by atoms with Gasteiger partial charge in [-0.2, -0.15) is 0 Å². The third-order valence-corrected chi connectivity index (χ3v) is 4.75. The minimum Gasteiger partial charge on any atom is -0.328 e. The standard InChI is InChI=1S/C11H15ClIN3/c12-8-6-16-10(5-9(8)13)11(15)3-1-7(14)2-4-11/h5-7H,1-4,14-15H2. The van der Waals surface area contributed by atoms with E-state index in [1.165, 1.54) is 0 Å². The van der Waals surface area contributed by atoms with Gasteiger partial charge in [0, 0.05) is 15.8 Å². The Bertz CT molecular complexity index is 389. The van der Waals surface area contributed by atoms with Gasteiger partial charge in [-0.1, -0.05) is 11.6 Å². The van der Waals surface area contributed by atoms with E-state index >= 15 is 0 Å². The quantitative estimate of drug-likeness (QED) is 0.764. The lowest BCUT2D eigenvalue weighted by atomic mass is 9.78. The van der Waals surface area contributed by atoms with Crippen LogP contribution in [0.15, 0.2) is 12.3 Å². The van der Waals surface area contributed by atoms with E-state index in [-0.39, 0.29) is 5.54 Å². The topological polar surface area (TPSA) is 64.9 Å². The molecule has 88 valence electrons. The number of hydrogen-bond donors (Lipinski definition) is 2. The summed E-state index contributed by atoms with van der Waals surface area (Å²) in [6.07, 6.45) is 5.42. The van der Waals surface area contributed by atoms with Crippen molar-refractivity contribution in [1.29, 1.82) is 0 Å². The highest BCUT2D eigenvalue weighted by atomic mass is 127. The van der Waals surface area contributed by atoms with Crippen LogP contribution in [-0.4, -0.2) is 11.0 Å². The van der Waals surface area contributed by atoms with Gasteiger partial charge in [0.25, 0.3) is 0 Å². The van der Waals surface area contributed by atoms with E-state index in [2.05, 4.69) is 27.6 Å². The average Bonchev–Trinajstić information content (AvgIpc) is 2.26. The van der Waals surface area contributed by atoms with Crippen LogP contribution in [0.4, 0.5) is 0 Å². The van der Waals surface area contributed by atoms with Crippen LogP contribution in [0.3, 0.4) is 0 Å². The molecule has 4 N–H and O–H groups in total. The predicted octanol–water partition coefficient (Wildman–Crippen LogP) is 2.39. The number of hydrogen-bond acceptors (Lipinski definition) is 3. The molecule has 1 saturated carbocycles. The van der Waals surface area contributed by atoms with E-state index < -0.39 is 0 Å². The molecule has 1 aliphatic rings. The first-order valence-electron chi connectivity index (χ1n) is 5.37. The molecule has 0 spiro atoms. The fraction of sp³-hybridized carbons (Fsp3) is 0.545. The summed E-state index contributed by atoms with van der Waals surface area (Å²) in [5, 5.41) is 0.681. The number of nitrogens with two attached hydrogens (primary N) is 2. The molecule has 1 fully saturated rings. The van der Waals surface area contributed by atoms with Crippen molar-refractivity contribution in [2.75, 3.05) is 0 Å². The zero-order valence-corrected chi connectivity index (χ0v) is 11.8. The highest BCUT2D eigenvalue weighted by Crippen LogP contribution is 2.34. The summed E-state index contributed by atoms with van der Waals surface area (Å²) in [7, 11) is 0. The maximum absolute atomic E-state index is 6.40. The highest BCUT2D eigenvalue weighted by molar-refractivity contribution is 14.1. The molecule has 0 bridgehead atoms. The van der Waals surface area contributed by atoms with Crippen LogP contribution >= 0.6 is 34.2 Å². The molecule has 0 aromatic carbocycles. The predicted molar refractivity (Wildman–Crippen MR) is 74.3 cm³/mol. The zero-order valence-electron chi connectivity index (χ0n) is 8.92. The Morgan fingerprint density at radius 2 is 2.06 bits per heavy atom. The fourth-order valence-electron chi connectivity index (χ4n) is 2.10. The van der Waals surface area contributed by atoms with Gasteiger partial charge in [-0.15, -0.1) is 0 Å². The van der Waals surface area contributed by atoms with Gasteiger partial charge in [0.2, 0.25) is 0 Å². The van der Waals surface area contributed by atoms with Gasteiger partial charge in [0.1, 0.15) is 0 Å². The molecule has 0 atom stereocenters. The summed E-state index contributed by atoms with van der Waals surface area (Å²) in [6.45, 7) is 0. The first kappa shape index (κ1) is 12.5. The molecule has 1 heterocycles. The molecule has 0 unspecified atom stereocenters. The minimum absolute atomic E-state index is 0.294. The molecule has 0 amide bonds. The third-order valence-electron chi connectivity index (χ3n) is 3.24. The van der Waals surface area contributed by atoms with Crippen LogP contribution in [0.2, 0.25) is 5.02 Å². The molecule has 0 saturated heterocycles. The highest BCUT2D eigenvalue weighted by Gasteiger charge is 2.33. The SMILES string of the molecule is NC1CCC(N)(c2cc(I)c(Cl)cn2)CC1. The molecule has 0 aliphatic heterocycles. The first-order valence-corrected chi connectivity index (χ1v) is 6.83. The molecule has 3 nitrogen and oxygen atoms in total. The van der Waals surface area contributed by atoms with Crippen LogP contribution in [0.5, 0.6) is 0 Å². The van der Waals surface area contributed by atoms with E-state index in [1.54, 1.807) is 6.20 Å². The molecule has 16 heavy (non-hydrogen) atoms. The van der Waals surface area contributed by atoms with Gasteiger partial charge in [-0.3, -0.25) is 4.98 Å². The van der Waals surface area contributed by atoms with E-state index in [1.807, 2.05) is 6.07 Å². The van der Waals surface area contributed by atoms with Crippen molar-refractivity contribution in [2.24, 2.45) is 11.5 Å². The van der Waals surface area contributed by atoms with Gasteiger partial charge in [-0.25, -0.2) is 0 Å². The lowest BCUT2D eigenvalue weighted by molar-refractivity contribution is 0.271. The molecule has 1 aromatic rings. The average molecular weight is 352 g/mol. The maximum atomic E-state index is 6.40. The van der Waals surface area contributed by atoms with Crippen molar-refractivity contribution < 1.29 is 0 Å². The normalized spacial score (nSPS) is 30.4. The van der Waals surface area contributed by atoms with Crippen LogP contribution < -0.4 is 11.5 Å². The van der Waals surface area contributed by atoms with Crippen molar-refractivity contribution in [3.63, 3.8) is 0 Å². The summed E-state index contributed by atoms with van der Waals surface area (Å²) < 4.78 is 1.00. The smallest absolute Gasteiger partial charge is 0.0722 e. The van der Waals surface area contributed by atoms with Crippen molar-refractivity contribution in [1.82, 2.24) is 4.98 Å². The van der Waals surface area contributed by atoms with Gasteiger partial charge >= 0.3 is 0 Å². The Morgan fingerprint density at radius 1 is 1.44 bits per heavy atom. The van der Waals surface area contributed by atoms with Crippen molar-refractivity contribution >= 4 is 34.2 Å². The van der Waals surface area contributed by atoms with Crippen LogP contribution in [0.1, 0.15) is 31.4 Å². The van der Waals surface area contributed by atoms with Crippen molar-refractivity contribution in [3.05, 3.63) is 26.5 Å². The number of halogens is 2. The van der Waals surface area contributed by atoms with Crippen LogP contribution in [0.25, 0.3) is 0 Å². The Hall–Kier alpha value is 0.0900. The molecular weight excluding hydrogens is 336 g/mol. The Balaban J connectivity index is 2.25. The number of rotatable bonds is 1. The summed E-state index contributed by atoms with van der Waals surface area (Å²) >= 11 is 8.16. The molecular formula is C11H15ClIN3. The third kappa shape index (κ3) is 2.50. The molecule has 1 aliphatic carbocycles. The summed E-state index contributed by atoms with van der Waals surface area (Å²) in [4.78, 5) is 4.36. The second-order valence-corrected chi connectivity index (χ2v) is 6.05. The molecule has 5 heteroatoms. The van der Waals surface area contributed by atoms with Crippen LogP contribution in [-0.2, 0) is 5.54 Å². The van der Waals surface area contributed by atoms with Crippen molar-refractivity contribution in [2.45, 2.75) is 37.3 Å². The van der Waals surface area contributed by atoms with Crippen LogP contribution in [0, 0.1) is 3.57 Å². The summed E-state index contributed by atoms with van der Waals surface area (Å²) in [6, 6.07) is 2.28. The number of nitrogens with zero attached hydrogens (tertiary/aromatic N) is 1. The molecule has 2 rings (SSSR count). The van der Waals surface area contributed by atoms with E-state index in [0.29, 0.717) is 11.1 Å². The summed E-state index contributed by atoms with van der Waals surface area (Å²) in [5.74, 6) is 0. The second kappa shape index (κ2) is 4.76.